The first-order valence-electron chi connectivity index (χ1n) is 8.92. The maximum absolute atomic E-state index is 12.4. The van der Waals surface area contributed by atoms with Gasteiger partial charge in [0.2, 0.25) is 5.91 Å². The van der Waals surface area contributed by atoms with Crippen molar-refractivity contribution < 1.29 is 14.4 Å². The summed E-state index contributed by atoms with van der Waals surface area (Å²) >= 11 is 0. The number of benzene rings is 2. The van der Waals surface area contributed by atoms with Crippen molar-refractivity contribution in [2.24, 2.45) is 0 Å². The Morgan fingerprint density at radius 1 is 0.926 bits per heavy atom. The molecule has 140 valence electrons. The van der Waals surface area contributed by atoms with Crippen LogP contribution in [0.2, 0.25) is 0 Å². The molecule has 0 spiro atoms. The molecule has 3 amide bonds. The largest absolute Gasteiger partial charge is 0.328 e. The summed E-state index contributed by atoms with van der Waals surface area (Å²) in [6.45, 7) is 4.95. The Bertz CT molecular complexity index is 878. The summed E-state index contributed by atoms with van der Waals surface area (Å²) in [5.74, 6) is -1.51. The van der Waals surface area contributed by atoms with Gasteiger partial charge in [0.1, 0.15) is 6.54 Å². The Hall–Kier alpha value is -3.15. The van der Waals surface area contributed by atoms with Crippen molar-refractivity contribution in [2.45, 2.75) is 20.4 Å². The number of aryl methyl sites for hydroxylation is 2. The number of carbonyl (C=O) groups excluding carboxylic acids is 3. The number of carbonyl (C=O) groups is 3. The van der Waals surface area contributed by atoms with Crippen molar-refractivity contribution in [3.8, 4) is 0 Å². The van der Waals surface area contributed by atoms with Crippen molar-refractivity contribution in [3.05, 3.63) is 65.2 Å². The quantitative estimate of drug-likeness (QED) is 0.825. The Morgan fingerprint density at radius 3 is 2.26 bits per heavy atom. The summed E-state index contributed by atoms with van der Waals surface area (Å²) in [5.41, 5.74) is 3.81. The molecule has 1 aliphatic rings. The first kappa shape index (κ1) is 18.6. The minimum Gasteiger partial charge on any atom is -0.328 e. The van der Waals surface area contributed by atoms with Crippen LogP contribution in [-0.4, -0.2) is 47.2 Å². The van der Waals surface area contributed by atoms with Crippen LogP contribution in [-0.2, 0) is 20.9 Å². The zero-order chi connectivity index (χ0) is 19.4. The lowest BCUT2D eigenvalue weighted by Crippen LogP contribution is -2.55. The first-order valence-corrected chi connectivity index (χ1v) is 8.92. The molecule has 27 heavy (non-hydrogen) atoms. The van der Waals surface area contributed by atoms with Crippen molar-refractivity contribution in [3.63, 3.8) is 0 Å². The summed E-state index contributed by atoms with van der Waals surface area (Å²) in [5, 5.41) is 2.76. The molecule has 1 heterocycles. The predicted molar refractivity (Wildman–Crippen MR) is 103 cm³/mol. The third-order valence-corrected chi connectivity index (χ3v) is 4.49. The van der Waals surface area contributed by atoms with Gasteiger partial charge in [0.15, 0.2) is 0 Å². The van der Waals surface area contributed by atoms with E-state index < -0.39 is 11.8 Å². The van der Waals surface area contributed by atoms with E-state index in [9.17, 15) is 14.4 Å². The average molecular weight is 365 g/mol. The predicted octanol–water partition coefficient (Wildman–Crippen LogP) is 2.11. The fourth-order valence-corrected chi connectivity index (χ4v) is 3.14. The van der Waals surface area contributed by atoms with Crippen LogP contribution in [0.3, 0.4) is 0 Å². The van der Waals surface area contributed by atoms with E-state index in [-0.39, 0.29) is 12.5 Å². The molecular weight excluding hydrogens is 342 g/mol. The molecule has 1 N–H and O–H groups in total. The van der Waals surface area contributed by atoms with Crippen LogP contribution in [0.15, 0.2) is 48.5 Å². The molecule has 1 saturated heterocycles. The van der Waals surface area contributed by atoms with Gasteiger partial charge >= 0.3 is 11.8 Å². The number of amides is 3. The van der Waals surface area contributed by atoms with E-state index in [1.165, 1.54) is 9.80 Å². The number of anilines is 1. The van der Waals surface area contributed by atoms with Crippen LogP contribution in [0.1, 0.15) is 16.7 Å². The van der Waals surface area contributed by atoms with Crippen LogP contribution in [0.5, 0.6) is 0 Å². The van der Waals surface area contributed by atoms with Gasteiger partial charge in [0.05, 0.1) is 0 Å². The maximum atomic E-state index is 12.4. The van der Waals surface area contributed by atoms with Crippen LogP contribution in [0.4, 0.5) is 5.69 Å². The van der Waals surface area contributed by atoms with Crippen LogP contribution >= 0.6 is 0 Å². The molecule has 2 aromatic carbocycles. The van der Waals surface area contributed by atoms with Gasteiger partial charge in [-0.2, -0.15) is 0 Å². The highest BCUT2D eigenvalue weighted by molar-refractivity contribution is 6.35. The number of nitrogens with zero attached hydrogens (tertiary/aromatic N) is 2. The second kappa shape index (κ2) is 8.03. The van der Waals surface area contributed by atoms with E-state index >= 15 is 0 Å². The van der Waals surface area contributed by atoms with Crippen LogP contribution < -0.4 is 5.32 Å². The first-order chi connectivity index (χ1) is 12.9. The standard InChI is InChI=1S/C21H23N3O3/c1-15-5-3-7-17(11-15)13-23-9-10-24(21(27)20(23)26)14-19(25)22-18-8-4-6-16(2)12-18/h3-8,11-12H,9-10,13-14H2,1-2H3,(H,22,25). The molecule has 0 aliphatic carbocycles. The monoisotopic (exact) mass is 365 g/mol. The van der Waals surface area contributed by atoms with Gasteiger partial charge in [-0.15, -0.1) is 0 Å². The molecule has 6 heteroatoms. The molecule has 1 aliphatic heterocycles. The van der Waals surface area contributed by atoms with E-state index in [4.69, 9.17) is 0 Å². The fraction of sp³-hybridized carbons (Fsp3) is 0.286. The summed E-state index contributed by atoms with van der Waals surface area (Å²) in [6, 6.07) is 15.3. The van der Waals surface area contributed by atoms with Gasteiger partial charge in [0, 0.05) is 25.3 Å². The minimum atomic E-state index is -0.631. The zero-order valence-electron chi connectivity index (χ0n) is 15.6. The molecule has 3 rings (SSSR count). The number of rotatable bonds is 5. The second-order valence-electron chi connectivity index (χ2n) is 6.86. The Morgan fingerprint density at radius 2 is 1.56 bits per heavy atom. The molecule has 6 nitrogen and oxygen atoms in total. The lowest BCUT2D eigenvalue weighted by Gasteiger charge is -2.33. The smallest absolute Gasteiger partial charge is 0.312 e. The van der Waals surface area contributed by atoms with Gasteiger partial charge in [-0.1, -0.05) is 42.0 Å². The molecule has 2 aromatic rings. The number of hydrogen-bond acceptors (Lipinski definition) is 3. The Balaban J connectivity index is 1.57. The average Bonchev–Trinajstić information content (AvgIpc) is 2.61. The zero-order valence-corrected chi connectivity index (χ0v) is 15.6. The number of hydrogen-bond donors (Lipinski definition) is 1. The maximum Gasteiger partial charge on any atom is 0.312 e. The molecule has 0 saturated carbocycles. The highest BCUT2D eigenvalue weighted by atomic mass is 16.2. The molecule has 0 atom stereocenters. The summed E-state index contributed by atoms with van der Waals surface area (Å²) in [4.78, 5) is 39.9. The number of piperazine rings is 1. The molecule has 1 fully saturated rings. The molecule has 0 aromatic heterocycles. The van der Waals surface area contributed by atoms with E-state index in [2.05, 4.69) is 5.32 Å². The van der Waals surface area contributed by atoms with E-state index in [0.717, 1.165) is 16.7 Å². The normalized spacial score (nSPS) is 14.4. The third kappa shape index (κ3) is 4.73. The van der Waals surface area contributed by atoms with Gasteiger partial charge in [-0.05, 0) is 37.1 Å². The lowest BCUT2D eigenvalue weighted by molar-refractivity contribution is -0.157. The van der Waals surface area contributed by atoms with Gasteiger partial charge in [-0.3, -0.25) is 14.4 Å². The summed E-state index contributed by atoms with van der Waals surface area (Å²) in [7, 11) is 0. The SMILES string of the molecule is Cc1cccc(CN2CCN(CC(=O)Nc3cccc(C)c3)C(=O)C2=O)c1. The highest BCUT2D eigenvalue weighted by Crippen LogP contribution is 2.13. The molecular formula is C21H23N3O3. The van der Waals surface area contributed by atoms with Crippen LogP contribution in [0.25, 0.3) is 0 Å². The topological polar surface area (TPSA) is 69.7 Å². The van der Waals surface area contributed by atoms with E-state index in [1.54, 1.807) is 6.07 Å². The van der Waals surface area contributed by atoms with Crippen molar-refractivity contribution in [2.75, 3.05) is 25.0 Å². The Labute approximate surface area is 158 Å². The van der Waals surface area contributed by atoms with Crippen LogP contribution in [0, 0.1) is 13.8 Å². The van der Waals surface area contributed by atoms with Gasteiger partial charge < -0.3 is 15.1 Å². The molecule has 0 unspecified atom stereocenters. The highest BCUT2D eigenvalue weighted by Gasteiger charge is 2.33. The van der Waals surface area contributed by atoms with Gasteiger partial charge in [0.25, 0.3) is 0 Å². The summed E-state index contributed by atoms with van der Waals surface area (Å²) < 4.78 is 0. The second-order valence-corrected chi connectivity index (χ2v) is 6.86. The van der Waals surface area contributed by atoms with E-state index in [0.29, 0.717) is 25.3 Å². The molecule has 0 radical (unpaired) electrons. The lowest BCUT2D eigenvalue weighted by atomic mass is 10.1. The van der Waals surface area contributed by atoms with E-state index in [1.807, 2.05) is 56.3 Å². The number of nitrogens with one attached hydrogen (secondary N) is 1. The summed E-state index contributed by atoms with van der Waals surface area (Å²) in [6.07, 6.45) is 0. The van der Waals surface area contributed by atoms with Gasteiger partial charge in [-0.25, -0.2) is 0 Å². The Kier molecular flexibility index (Phi) is 5.54. The third-order valence-electron chi connectivity index (χ3n) is 4.49. The van der Waals surface area contributed by atoms with Crippen molar-refractivity contribution in [1.82, 2.24) is 9.80 Å². The van der Waals surface area contributed by atoms with Crippen molar-refractivity contribution >= 4 is 23.4 Å². The fourth-order valence-electron chi connectivity index (χ4n) is 3.14. The van der Waals surface area contributed by atoms with Crippen molar-refractivity contribution in [1.29, 1.82) is 0 Å². The minimum absolute atomic E-state index is 0.128. The molecule has 0 bridgehead atoms.